The van der Waals surface area contributed by atoms with E-state index in [-0.39, 0.29) is 0 Å². The molecule has 0 spiro atoms. The molecule has 0 aliphatic carbocycles. The summed E-state index contributed by atoms with van der Waals surface area (Å²) in [5, 5.41) is 0.719. The molecule has 17 heavy (non-hydrogen) atoms. The molecule has 4 heteroatoms. The van der Waals surface area contributed by atoms with Crippen molar-refractivity contribution in [2.45, 2.75) is 19.1 Å². The lowest BCUT2D eigenvalue weighted by Crippen LogP contribution is -1.99. The first-order valence-electron chi connectivity index (χ1n) is 5.50. The maximum Gasteiger partial charge on any atom is 0.256 e. The van der Waals surface area contributed by atoms with Gasteiger partial charge in [-0.25, -0.2) is 4.98 Å². The Bertz CT molecular complexity index is 448. The molecule has 0 amide bonds. The van der Waals surface area contributed by atoms with Gasteiger partial charge in [0.25, 0.3) is 5.22 Å². The standard InChI is InChI=1S/C13H15NO2S/c1-10-11(2)16-13(14-10)17-9-8-15-12-6-4-3-5-7-12/h3-7H,8-9H2,1-2H3. The Hall–Kier alpha value is -1.42. The number of ether oxygens (including phenoxy) is 1. The molecule has 1 heterocycles. The molecule has 0 bridgehead atoms. The van der Waals surface area contributed by atoms with Crippen LogP contribution in [-0.4, -0.2) is 17.3 Å². The summed E-state index contributed by atoms with van der Waals surface area (Å²) in [5.41, 5.74) is 0.955. The molecular weight excluding hydrogens is 234 g/mol. The Labute approximate surface area is 105 Å². The third-order valence-corrected chi connectivity index (χ3v) is 3.12. The molecule has 1 aromatic carbocycles. The van der Waals surface area contributed by atoms with Gasteiger partial charge in [-0.1, -0.05) is 30.0 Å². The van der Waals surface area contributed by atoms with Gasteiger partial charge in [-0.05, 0) is 26.0 Å². The summed E-state index contributed by atoms with van der Waals surface area (Å²) < 4.78 is 11.0. The lowest BCUT2D eigenvalue weighted by atomic mass is 10.3. The highest BCUT2D eigenvalue weighted by Crippen LogP contribution is 2.20. The summed E-state index contributed by atoms with van der Waals surface area (Å²) in [7, 11) is 0. The number of benzene rings is 1. The Balaban J connectivity index is 1.73. The molecule has 90 valence electrons. The van der Waals surface area contributed by atoms with Crippen LogP contribution in [0.3, 0.4) is 0 Å². The van der Waals surface area contributed by atoms with Crippen molar-refractivity contribution < 1.29 is 9.15 Å². The molecule has 0 saturated carbocycles. The van der Waals surface area contributed by atoms with E-state index in [1.807, 2.05) is 44.2 Å². The molecule has 0 atom stereocenters. The van der Waals surface area contributed by atoms with Crippen LogP contribution in [0.25, 0.3) is 0 Å². The number of rotatable bonds is 5. The molecule has 0 N–H and O–H groups in total. The Morgan fingerprint density at radius 2 is 2.00 bits per heavy atom. The molecule has 0 fully saturated rings. The average Bonchev–Trinajstić information content (AvgIpc) is 2.66. The summed E-state index contributed by atoms with van der Waals surface area (Å²) in [5.74, 6) is 2.61. The minimum absolute atomic E-state index is 0.648. The lowest BCUT2D eigenvalue weighted by Gasteiger charge is -2.03. The van der Waals surface area contributed by atoms with Crippen molar-refractivity contribution in [3.8, 4) is 5.75 Å². The number of oxazole rings is 1. The van der Waals surface area contributed by atoms with Gasteiger partial charge in [-0.3, -0.25) is 0 Å². The fourth-order valence-corrected chi connectivity index (χ4v) is 2.04. The normalized spacial score (nSPS) is 10.5. The van der Waals surface area contributed by atoms with E-state index in [9.17, 15) is 0 Å². The highest BCUT2D eigenvalue weighted by Gasteiger charge is 2.05. The van der Waals surface area contributed by atoms with E-state index in [2.05, 4.69) is 4.98 Å². The molecule has 3 nitrogen and oxygen atoms in total. The van der Waals surface area contributed by atoms with Crippen LogP contribution in [0.15, 0.2) is 40.0 Å². The van der Waals surface area contributed by atoms with Crippen LogP contribution in [-0.2, 0) is 0 Å². The molecule has 0 unspecified atom stereocenters. The summed E-state index contributed by atoms with van der Waals surface area (Å²) >= 11 is 1.57. The van der Waals surface area contributed by atoms with Crippen LogP contribution in [0.5, 0.6) is 5.75 Å². The number of hydrogen-bond acceptors (Lipinski definition) is 4. The van der Waals surface area contributed by atoms with Gasteiger partial charge >= 0.3 is 0 Å². The fraction of sp³-hybridized carbons (Fsp3) is 0.308. The quantitative estimate of drug-likeness (QED) is 0.600. The van der Waals surface area contributed by atoms with E-state index in [0.717, 1.165) is 28.2 Å². The number of thioether (sulfide) groups is 1. The Morgan fingerprint density at radius 3 is 2.65 bits per heavy atom. The van der Waals surface area contributed by atoms with Crippen LogP contribution in [0, 0.1) is 13.8 Å². The zero-order valence-electron chi connectivity index (χ0n) is 9.97. The second-order valence-electron chi connectivity index (χ2n) is 3.63. The third-order valence-electron chi connectivity index (χ3n) is 2.33. The smallest absolute Gasteiger partial charge is 0.256 e. The van der Waals surface area contributed by atoms with Crippen molar-refractivity contribution in [1.82, 2.24) is 4.98 Å². The number of hydrogen-bond donors (Lipinski definition) is 0. The number of nitrogens with zero attached hydrogens (tertiary/aromatic N) is 1. The van der Waals surface area contributed by atoms with Crippen LogP contribution >= 0.6 is 11.8 Å². The summed E-state index contributed by atoms with van der Waals surface area (Å²) in [6, 6.07) is 9.79. The van der Waals surface area contributed by atoms with Gasteiger partial charge in [0.05, 0.1) is 12.3 Å². The first kappa shape index (κ1) is 12.0. The molecular formula is C13H15NO2S. The molecule has 1 aromatic heterocycles. The molecule has 0 aliphatic rings. The Morgan fingerprint density at radius 1 is 1.24 bits per heavy atom. The molecule has 0 aliphatic heterocycles. The van der Waals surface area contributed by atoms with Crippen LogP contribution in [0.4, 0.5) is 0 Å². The highest BCUT2D eigenvalue weighted by atomic mass is 32.2. The first-order valence-corrected chi connectivity index (χ1v) is 6.49. The van der Waals surface area contributed by atoms with E-state index in [0.29, 0.717) is 6.61 Å². The third kappa shape index (κ3) is 3.53. The maximum atomic E-state index is 5.57. The van der Waals surface area contributed by atoms with Crippen LogP contribution in [0.2, 0.25) is 0 Å². The Kier molecular flexibility index (Phi) is 4.09. The van der Waals surface area contributed by atoms with Gasteiger partial charge < -0.3 is 9.15 Å². The van der Waals surface area contributed by atoms with E-state index >= 15 is 0 Å². The maximum absolute atomic E-state index is 5.57. The van der Waals surface area contributed by atoms with Crippen molar-refractivity contribution >= 4 is 11.8 Å². The van der Waals surface area contributed by atoms with E-state index in [4.69, 9.17) is 9.15 Å². The summed E-state index contributed by atoms with van der Waals surface area (Å²) in [6.07, 6.45) is 0. The molecule has 0 saturated heterocycles. The lowest BCUT2D eigenvalue weighted by molar-refractivity contribution is 0.343. The SMILES string of the molecule is Cc1nc(SCCOc2ccccc2)oc1C. The van der Waals surface area contributed by atoms with Gasteiger partial charge in [-0.15, -0.1) is 0 Å². The predicted octanol–water partition coefficient (Wildman–Crippen LogP) is 3.46. The largest absolute Gasteiger partial charge is 0.493 e. The summed E-state index contributed by atoms with van der Waals surface area (Å²) in [4.78, 5) is 4.30. The van der Waals surface area contributed by atoms with Crippen LogP contribution < -0.4 is 4.74 Å². The molecule has 2 aromatic rings. The van der Waals surface area contributed by atoms with Gasteiger partial charge in [0.1, 0.15) is 11.5 Å². The number of aryl methyl sites for hydroxylation is 2. The first-order chi connectivity index (χ1) is 8.25. The summed E-state index contributed by atoms with van der Waals surface area (Å²) in [6.45, 7) is 4.52. The van der Waals surface area contributed by atoms with Crippen LogP contribution in [0.1, 0.15) is 11.5 Å². The second-order valence-corrected chi connectivity index (χ2v) is 4.68. The minimum atomic E-state index is 0.648. The zero-order chi connectivity index (χ0) is 12.1. The van der Waals surface area contributed by atoms with Crippen molar-refractivity contribution in [3.63, 3.8) is 0 Å². The van der Waals surface area contributed by atoms with Crippen molar-refractivity contribution in [3.05, 3.63) is 41.8 Å². The topological polar surface area (TPSA) is 35.3 Å². The van der Waals surface area contributed by atoms with Crippen molar-refractivity contribution in [2.75, 3.05) is 12.4 Å². The van der Waals surface area contributed by atoms with E-state index in [1.165, 1.54) is 0 Å². The van der Waals surface area contributed by atoms with E-state index in [1.54, 1.807) is 11.8 Å². The van der Waals surface area contributed by atoms with Gasteiger partial charge in [-0.2, -0.15) is 0 Å². The van der Waals surface area contributed by atoms with Gasteiger partial charge in [0.15, 0.2) is 0 Å². The average molecular weight is 249 g/mol. The van der Waals surface area contributed by atoms with E-state index < -0.39 is 0 Å². The van der Waals surface area contributed by atoms with Gasteiger partial charge in [0, 0.05) is 5.75 Å². The number of aromatic nitrogens is 1. The highest BCUT2D eigenvalue weighted by molar-refractivity contribution is 7.99. The fourth-order valence-electron chi connectivity index (χ4n) is 1.31. The monoisotopic (exact) mass is 249 g/mol. The molecule has 0 radical (unpaired) electrons. The van der Waals surface area contributed by atoms with Crippen molar-refractivity contribution in [2.24, 2.45) is 0 Å². The number of para-hydroxylation sites is 1. The predicted molar refractivity (Wildman–Crippen MR) is 68.6 cm³/mol. The van der Waals surface area contributed by atoms with Gasteiger partial charge in [0.2, 0.25) is 0 Å². The minimum Gasteiger partial charge on any atom is -0.493 e. The zero-order valence-corrected chi connectivity index (χ0v) is 10.8. The molecule has 2 rings (SSSR count). The second kappa shape index (κ2) is 5.77. The van der Waals surface area contributed by atoms with Crippen molar-refractivity contribution in [1.29, 1.82) is 0 Å².